The number of oxazole rings is 1. The third kappa shape index (κ3) is 5.08. The van der Waals surface area contributed by atoms with Crippen molar-refractivity contribution in [3.05, 3.63) is 54.7 Å². The molecule has 0 saturated heterocycles. The predicted molar refractivity (Wildman–Crippen MR) is 129 cm³/mol. The fourth-order valence-electron chi connectivity index (χ4n) is 3.83. The maximum absolute atomic E-state index is 13.0. The molecule has 0 radical (unpaired) electrons. The molecule has 18 heteroatoms. The average molecular weight is 621 g/mol. The monoisotopic (exact) mass is 620 g/mol. The van der Waals surface area contributed by atoms with Crippen molar-refractivity contribution in [3.8, 4) is 28.5 Å². The first-order valence-electron chi connectivity index (χ1n) is 11.2. The zero-order valence-corrected chi connectivity index (χ0v) is 21.9. The molecular weight excluding hydrogens is 606 g/mol. The Bertz CT molecular complexity index is 2020. The topological polar surface area (TPSA) is 134 Å². The second kappa shape index (κ2) is 9.44. The highest BCUT2D eigenvalue weighted by atomic mass is 32.2. The van der Waals surface area contributed by atoms with Gasteiger partial charge in [0.1, 0.15) is 16.8 Å². The summed E-state index contributed by atoms with van der Waals surface area (Å²) >= 11 is 0. The fraction of sp³-hybridized carbons (Fsp3) is 0.174. The number of ether oxygens (including phenoxy) is 1. The second-order valence-electron chi connectivity index (χ2n) is 8.32. The minimum Gasteiger partial charge on any atom is -0.436 e. The standard InChI is InChI=1S/C23H14F6N4O6S2/c1-2-40(34,35)21-18(20-31-15-11-14(7-8-17(15)38-20)41(36,37)23(27,28)29)19-30-10-9-16(33(19)32-21)12-3-5-13(6-4-12)39-22(24,25)26/h3-11H,2H2,1H3. The van der Waals surface area contributed by atoms with Crippen LogP contribution in [0.3, 0.4) is 0 Å². The van der Waals surface area contributed by atoms with Crippen molar-refractivity contribution in [2.45, 2.75) is 28.7 Å². The first kappa shape index (κ1) is 28.3. The molecule has 0 aliphatic carbocycles. The summed E-state index contributed by atoms with van der Waals surface area (Å²) in [5.41, 5.74) is -5.95. The van der Waals surface area contributed by atoms with Crippen LogP contribution in [0.15, 0.2) is 69.1 Å². The van der Waals surface area contributed by atoms with E-state index in [1.165, 1.54) is 31.3 Å². The van der Waals surface area contributed by atoms with Crippen LogP contribution in [-0.4, -0.2) is 54.0 Å². The molecule has 41 heavy (non-hydrogen) atoms. The van der Waals surface area contributed by atoms with Gasteiger partial charge < -0.3 is 9.15 Å². The van der Waals surface area contributed by atoms with Gasteiger partial charge in [-0.05, 0) is 48.5 Å². The van der Waals surface area contributed by atoms with E-state index in [0.717, 1.165) is 22.7 Å². The van der Waals surface area contributed by atoms with Crippen molar-refractivity contribution in [1.82, 2.24) is 19.6 Å². The molecular formula is C23H14F6N4O6S2. The number of halogens is 6. The molecule has 0 aliphatic rings. The van der Waals surface area contributed by atoms with Gasteiger partial charge in [-0.3, -0.25) is 0 Å². The van der Waals surface area contributed by atoms with Gasteiger partial charge in [-0.25, -0.2) is 31.3 Å². The Hall–Kier alpha value is -4.19. The molecule has 3 heterocycles. The number of nitrogens with zero attached hydrogens (tertiary/aromatic N) is 4. The van der Waals surface area contributed by atoms with Crippen LogP contribution in [-0.2, 0) is 19.7 Å². The van der Waals surface area contributed by atoms with Gasteiger partial charge in [0.2, 0.25) is 5.89 Å². The van der Waals surface area contributed by atoms with Crippen LogP contribution < -0.4 is 4.74 Å². The summed E-state index contributed by atoms with van der Waals surface area (Å²) in [6, 6.07) is 8.27. The Labute approximate surface area is 226 Å². The number of hydrogen-bond acceptors (Lipinski definition) is 9. The maximum atomic E-state index is 13.0. The molecule has 2 aromatic carbocycles. The van der Waals surface area contributed by atoms with Crippen molar-refractivity contribution < 1.29 is 52.3 Å². The predicted octanol–water partition coefficient (Wildman–Crippen LogP) is 5.19. The molecule has 3 aromatic heterocycles. The lowest BCUT2D eigenvalue weighted by Gasteiger charge is -2.09. The summed E-state index contributed by atoms with van der Waals surface area (Å²) in [5.74, 6) is -1.36. The molecule has 0 fully saturated rings. The van der Waals surface area contributed by atoms with E-state index < -0.39 is 58.9 Å². The minimum atomic E-state index is -5.71. The zero-order valence-electron chi connectivity index (χ0n) is 20.2. The van der Waals surface area contributed by atoms with Crippen molar-refractivity contribution in [2.75, 3.05) is 5.75 Å². The Morgan fingerprint density at radius 1 is 0.951 bits per heavy atom. The second-order valence-corrected chi connectivity index (χ2v) is 12.5. The maximum Gasteiger partial charge on any atom is 0.573 e. The Kier molecular flexibility index (Phi) is 6.52. The lowest BCUT2D eigenvalue weighted by molar-refractivity contribution is -0.274. The van der Waals surface area contributed by atoms with Gasteiger partial charge in [0.25, 0.3) is 9.84 Å². The van der Waals surface area contributed by atoms with Crippen LogP contribution >= 0.6 is 0 Å². The normalized spacial score (nSPS) is 13.2. The molecule has 0 aliphatic heterocycles. The van der Waals surface area contributed by atoms with Gasteiger partial charge >= 0.3 is 11.9 Å². The van der Waals surface area contributed by atoms with Crippen molar-refractivity contribution >= 4 is 36.4 Å². The lowest BCUT2D eigenvalue weighted by Crippen LogP contribution is -2.23. The smallest absolute Gasteiger partial charge is 0.436 e. The quantitative estimate of drug-likeness (QED) is 0.235. The molecule has 0 spiro atoms. The van der Waals surface area contributed by atoms with Crippen LogP contribution in [0.5, 0.6) is 5.75 Å². The zero-order chi connectivity index (χ0) is 30.0. The summed E-state index contributed by atoms with van der Waals surface area (Å²) < 4.78 is 137. The SMILES string of the molecule is CCS(=O)(=O)c1nn2c(-c3ccc(OC(F)(F)F)cc3)ccnc2c1-c1nc2cc(S(=O)(=O)C(F)(F)F)ccc2o1. The summed E-state index contributed by atoms with van der Waals surface area (Å²) in [6.45, 7) is 1.33. The number of alkyl halides is 6. The molecule has 0 N–H and O–H groups in total. The molecule has 0 atom stereocenters. The van der Waals surface area contributed by atoms with E-state index in [2.05, 4.69) is 19.8 Å². The number of hydrogen-bond donors (Lipinski definition) is 0. The Morgan fingerprint density at radius 2 is 1.63 bits per heavy atom. The summed E-state index contributed by atoms with van der Waals surface area (Å²) in [6.07, 6.45) is -3.65. The summed E-state index contributed by atoms with van der Waals surface area (Å²) in [5, 5.41) is 3.61. The highest BCUT2D eigenvalue weighted by molar-refractivity contribution is 7.92. The van der Waals surface area contributed by atoms with Gasteiger partial charge in [0.05, 0.1) is 16.3 Å². The van der Waals surface area contributed by atoms with Gasteiger partial charge in [-0.1, -0.05) is 6.92 Å². The van der Waals surface area contributed by atoms with Crippen molar-refractivity contribution in [2.24, 2.45) is 0 Å². The molecule has 216 valence electrons. The van der Waals surface area contributed by atoms with E-state index in [9.17, 15) is 43.2 Å². The number of fused-ring (bicyclic) bond motifs is 2. The molecule has 5 rings (SSSR count). The Balaban J connectivity index is 1.70. The molecule has 0 unspecified atom stereocenters. The molecule has 0 saturated carbocycles. The van der Waals surface area contributed by atoms with Gasteiger partial charge in [0.15, 0.2) is 26.1 Å². The first-order valence-corrected chi connectivity index (χ1v) is 14.3. The number of aromatic nitrogens is 4. The van der Waals surface area contributed by atoms with Crippen LogP contribution in [0.25, 0.3) is 39.5 Å². The van der Waals surface area contributed by atoms with Crippen LogP contribution in [0.4, 0.5) is 26.3 Å². The van der Waals surface area contributed by atoms with Crippen molar-refractivity contribution in [1.29, 1.82) is 0 Å². The molecule has 0 bridgehead atoms. The lowest BCUT2D eigenvalue weighted by atomic mass is 10.1. The molecule has 10 nitrogen and oxygen atoms in total. The largest absolute Gasteiger partial charge is 0.573 e. The van der Waals surface area contributed by atoms with Gasteiger partial charge in [-0.15, -0.1) is 13.2 Å². The highest BCUT2D eigenvalue weighted by Crippen LogP contribution is 2.37. The first-order chi connectivity index (χ1) is 19.0. The third-order valence-corrected chi connectivity index (χ3v) is 8.85. The van der Waals surface area contributed by atoms with E-state index in [0.29, 0.717) is 17.7 Å². The Morgan fingerprint density at radius 3 is 2.24 bits per heavy atom. The summed E-state index contributed by atoms with van der Waals surface area (Å²) in [7, 11) is -9.82. The van der Waals surface area contributed by atoms with E-state index >= 15 is 0 Å². The number of sulfone groups is 2. The fourth-order valence-corrected chi connectivity index (χ4v) is 5.58. The van der Waals surface area contributed by atoms with Crippen LogP contribution in [0.1, 0.15) is 6.92 Å². The number of benzene rings is 2. The minimum absolute atomic E-state index is 0.125. The van der Waals surface area contributed by atoms with Crippen LogP contribution in [0.2, 0.25) is 0 Å². The average Bonchev–Trinajstić information content (AvgIpc) is 3.49. The third-order valence-electron chi connectivity index (χ3n) is 5.73. The van der Waals surface area contributed by atoms with Gasteiger partial charge in [-0.2, -0.15) is 18.3 Å². The highest BCUT2D eigenvalue weighted by Gasteiger charge is 2.47. The summed E-state index contributed by atoms with van der Waals surface area (Å²) in [4.78, 5) is 7.09. The van der Waals surface area contributed by atoms with E-state index in [4.69, 9.17) is 4.42 Å². The van der Waals surface area contributed by atoms with E-state index in [-0.39, 0.29) is 28.0 Å². The number of rotatable bonds is 6. The van der Waals surface area contributed by atoms with Crippen LogP contribution in [0, 0.1) is 0 Å². The molecule has 0 amide bonds. The van der Waals surface area contributed by atoms with Gasteiger partial charge in [0, 0.05) is 11.8 Å². The van der Waals surface area contributed by atoms with Crippen molar-refractivity contribution in [3.63, 3.8) is 0 Å². The van der Waals surface area contributed by atoms with E-state index in [1.807, 2.05) is 0 Å². The van der Waals surface area contributed by atoms with E-state index in [1.54, 1.807) is 0 Å². The molecule has 5 aromatic rings.